The first-order chi connectivity index (χ1) is 34.7. The van der Waals surface area contributed by atoms with Crippen molar-refractivity contribution in [3.63, 3.8) is 0 Å². The van der Waals surface area contributed by atoms with E-state index < -0.39 is 143 Å². The van der Waals surface area contributed by atoms with E-state index in [2.05, 4.69) is 26.1 Å². The molecule has 1 saturated heterocycles. The van der Waals surface area contributed by atoms with Crippen molar-refractivity contribution in [1.82, 2.24) is 45.4 Å². The molecule has 0 radical (unpaired) electrons. The summed E-state index contributed by atoms with van der Waals surface area (Å²) in [5.41, 5.74) is -5.21. The number of hydrogen-bond acceptors (Lipinski definition) is 11. The fourth-order valence-corrected chi connectivity index (χ4v) is 10.6. The lowest BCUT2D eigenvalue weighted by Gasteiger charge is -2.27. The lowest BCUT2D eigenvalue weighted by molar-refractivity contribution is -0.143. The van der Waals surface area contributed by atoms with Gasteiger partial charge in [-0.3, -0.25) is 24.0 Å². The fourth-order valence-electron chi connectivity index (χ4n) is 9.03. The topological polar surface area (TPSA) is 194 Å². The van der Waals surface area contributed by atoms with E-state index in [0.717, 1.165) is 31.4 Å². The van der Waals surface area contributed by atoms with Crippen LogP contribution in [0.1, 0.15) is 67.1 Å². The van der Waals surface area contributed by atoms with Gasteiger partial charge < -0.3 is 16.0 Å². The van der Waals surface area contributed by atoms with E-state index in [1.165, 1.54) is 32.0 Å². The van der Waals surface area contributed by atoms with E-state index in [-0.39, 0.29) is 63.0 Å². The molecule has 5 aromatic rings. The zero-order valence-electron chi connectivity index (χ0n) is 40.7. The van der Waals surface area contributed by atoms with Crippen LogP contribution >= 0.6 is 11.6 Å². The summed E-state index contributed by atoms with van der Waals surface area (Å²) in [6, 6.07) is 4.09. The van der Waals surface area contributed by atoms with Crippen molar-refractivity contribution < 1.29 is 70.3 Å². The van der Waals surface area contributed by atoms with Gasteiger partial charge in [-0.05, 0) is 69.4 Å². The number of hydrogen-bond donors (Lipinski definition) is 3. The highest BCUT2D eigenvalue weighted by molar-refractivity contribution is 7.93. The molecule has 16 nitrogen and oxygen atoms in total. The van der Waals surface area contributed by atoms with Crippen LogP contribution in [0.25, 0.3) is 22.0 Å². The largest absolute Gasteiger partial charge is 0.435 e. The maximum absolute atomic E-state index is 15.6. The summed E-state index contributed by atoms with van der Waals surface area (Å²) in [5, 5.41) is 14.6. The molecule has 7 rings (SSSR count). The lowest BCUT2D eigenvalue weighted by Crippen LogP contribution is -2.49. The summed E-state index contributed by atoms with van der Waals surface area (Å²) in [6.45, 7) is 3.29. The van der Waals surface area contributed by atoms with Crippen LogP contribution in [0.2, 0.25) is 5.02 Å². The highest BCUT2D eigenvalue weighted by atomic mass is 35.5. The van der Waals surface area contributed by atoms with Gasteiger partial charge in [-0.2, -0.15) is 49.6 Å². The second-order valence-electron chi connectivity index (χ2n) is 19.2. The van der Waals surface area contributed by atoms with Crippen molar-refractivity contribution in [2.45, 2.75) is 88.6 Å². The molecule has 2 aromatic carbocycles. The minimum absolute atomic E-state index is 0.0684. The van der Waals surface area contributed by atoms with Gasteiger partial charge in [0.1, 0.15) is 30.4 Å². The van der Waals surface area contributed by atoms with Crippen LogP contribution in [0.4, 0.5) is 54.5 Å². The number of sulfonamides is 1. The van der Waals surface area contributed by atoms with Gasteiger partial charge in [0, 0.05) is 79.9 Å². The second kappa shape index (κ2) is 21.1. The van der Waals surface area contributed by atoms with Gasteiger partial charge in [0.15, 0.2) is 21.3 Å². The highest BCUT2D eigenvalue weighted by Crippen LogP contribution is 2.50. The molecule has 0 spiro atoms. The molecular weight excluding hydrogens is 1080 g/mol. The van der Waals surface area contributed by atoms with Crippen LogP contribution in [0.5, 0.6) is 0 Å². The Labute approximate surface area is 429 Å². The number of halogens is 11. The first-order valence-corrected chi connectivity index (χ1v) is 27.2. The Kier molecular flexibility index (Phi) is 16.1. The summed E-state index contributed by atoms with van der Waals surface area (Å²) < 4.78 is 199. The van der Waals surface area contributed by atoms with E-state index in [4.69, 9.17) is 16.6 Å². The number of piperazine rings is 1. The third-order valence-corrected chi connectivity index (χ3v) is 16.6. The fraction of sp³-hybridized carbons (Fsp3) is 0.500. The summed E-state index contributed by atoms with van der Waals surface area (Å²) in [7, 11) is -8.48. The van der Waals surface area contributed by atoms with Crippen LogP contribution in [0, 0.1) is 17.6 Å². The van der Waals surface area contributed by atoms with Crippen LogP contribution < -0.4 is 20.3 Å². The molecule has 3 N–H and O–H groups in total. The maximum Gasteiger partial charge on any atom is 0.435 e. The van der Waals surface area contributed by atoms with E-state index in [1.54, 1.807) is 0 Å². The summed E-state index contributed by atoms with van der Waals surface area (Å²) in [6.07, 6.45) is -10.4. The number of carbonyl (C=O) groups excluding carboxylic acids is 2. The predicted molar refractivity (Wildman–Crippen MR) is 256 cm³/mol. The minimum atomic E-state index is -5.23. The van der Waals surface area contributed by atoms with Crippen LogP contribution in [0.3, 0.4) is 0 Å². The molecule has 4 heterocycles. The molecular formula is C46H51ClF10N10O6S2. The molecule has 1 aliphatic carbocycles. The summed E-state index contributed by atoms with van der Waals surface area (Å²) in [5.74, 6) is -9.94. The number of amides is 3. The van der Waals surface area contributed by atoms with Gasteiger partial charge in [-0.15, -0.1) is 0 Å². The number of nitrogens with one attached hydrogen (secondary N) is 3. The predicted octanol–water partition coefficient (Wildman–Crippen LogP) is 7.33. The molecule has 0 unspecified atom stereocenters. The molecule has 0 bridgehead atoms. The monoisotopic (exact) mass is 1130 g/mol. The van der Waals surface area contributed by atoms with Gasteiger partial charge in [-0.1, -0.05) is 30.7 Å². The standard InChI is InChI=1S/C46H51ClF10N10O6S2/c1-25-18-32-39(46(55,56)57)62-65(40(32)45(25,53)54)23-35(68)61-34(21-26-19-27(48)22-28(49)20-26)37-30(7-6-29(60-37)10-11-43(2,3)74(4,70)71)31-8-9-33(47)36-38(31)66(24-44(50,51)52)63-41(36)67(75(5,72)73)42(69)59-14-17-64-15-12-58-13-16-64/h6-9,19-20,22,25,34,58H,10-18,21,23-24H2,1-5H3,(H,59,69)(H,61,68)/t25-,34+/m1/s1. The van der Waals surface area contributed by atoms with Crippen molar-refractivity contribution in [2.24, 2.45) is 5.92 Å². The molecule has 3 aromatic heterocycles. The van der Waals surface area contributed by atoms with Gasteiger partial charge in [-0.25, -0.2) is 30.4 Å². The SMILES string of the molecule is C[C@@H]1Cc2c(C(F)(F)F)nn(CC(=O)N[C@@H](Cc3cc(F)cc(F)c3)c3nc(CCC(C)(C)S(C)(=O)=O)ccc3-c3ccc(Cl)c4c(N(C(=O)NCCN5CCNCC5)S(C)(=O)=O)nn(CC(F)(F)F)c34)c2C1(F)F. The lowest BCUT2D eigenvalue weighted by atomic mass is 9.93. The number of benzene rings is 2. The summed E-state index contributed by atoms with van der Waals surface area (Å²) in [4.78, 5) is 34.8. The number of aryl methyl sites for hydroxylation is 1. The molecule has 75 heavy (non-hydrogen) atoms. The average Bonchev–Trinajstić information content (AvgIpc) is 3.90. The number of alkyl halides is 8. The van der Waals surface area contributed by atoms with Crippen molar-refractivity contribution >= 4 is 60.1 Å². The van der Waals surface area contributed by atoms with E-state index in [9.17, 15) is 61.5 Å². The molecule has 29 heteroatoms. The Balaban J connectivity index is 1.43. The Morgan fingerprint density at radius 3 is 2.17 bits per heavy atom. The number of urea groups is 1. The average molecular weight is 1130 g/mol. The highest BCUT2D eigenvalue weighted by Gasteiger charge is 2.54. The molecule has 410 valence electrons. The van der Waals surface area contributed by atoms with Crippen LogP contribution in [0.15, 0.2) is 42.5 Å². The number of pyridine rings is 1. The molecule has 2 aliphatic rings. The van der Waals surface area contributed by atoms with Crippen LogP contribution in [-0.2, 0) is 69.1 Å². The molecule has 2 atom stereocenters. The third-order valence-electron chi connectivity index (χ3n) is 13.1. The molecule has 0 saturated carbocycles. The number of anilines is 1. The molecule has 3 amide bonds. The van der Waals surface area contributed by atoms with E-state index in [0.29, 0.717) is 43.2 Å². The Morgan fingerprint density at radius 2 is 1.57 bits per heavy atom. The van der Waals surface area contributed by atoms with Gasteiger partial charge in [0.05, 0.1) is 38.7 Å². The van der Waals surface area contributed by atoms with Crippen molar-refractivity contribution in [3.05, 3.63) is 93.0 Å². The second-order valence-corrected chi connectivity index (χ2v) is 24.1. The number of nitrogens with zero attached hydrogens (tertiary/aromatic N) is 7. The minimum Gasteiger partial charge on any atom is -0.346 e. The Hall–Kier alpha value is -5.58. The Bertz CT molecular complexity index is 3210. The van der Waals surface area contributed by atoms with Crippen molar-refractivity contribution in [1.29, 1.82) is 0 Å². The number of aromatic nitrogens is 5. The number of sulfone groups is 1. The van der Waals surface area contributed by atoms with Crippen molar-refractivity contribution in [2.75, 3.05) is 56.1 Å². The van der Waals surface area contributed by atoms with E-state index >= 15 is 8.78 Å². The number of fused-ring (bicyclic) bond motifs is 2. The quantitative estimate of drug-likeness (QED) is 0.0790. The normalized spacial score (nSPS) is 17.0. The number of rotatable bonds is 17. The Morgan fingerprint density at radius 1 is 0.933 bits per heavy atom. The first-order valence-electron chi connectivity index (χ1n) is 23.1. The van der Waals surface area contributed by atoms with Gasteiger partial charge in [0.2, 0.25) is 15.9 Å². The third kappa shape index (κ3) is 12.7. The summed E-state index contributed by atoms with van der Waals surface area (Å²) >= 11 is 6.72. The van der Waals surface area contributed by atoms with Crippen molar-refractivity contribution in [3.8, 4) is 11.1 Å². The van der Waals surface area contributed by atoms with E-state index in [1.807, 2.05) is 4.90 Å². The number of carbonyl (C=O) groups is 2. The zero-order valence-corrected chi connectivity index (χ0v) is 43.1. The van der Waals surface area contributed by atoms with Gasteiger partial charge >= 0.3 is 18.4 Å². The maximum atomic E-state index is 15.6. The first kappa shape index (κ1) is 57.1. The molecule has 1 aliphatic heterocycles. The molecule has 1 fully saturated rings. The zero-order chi connectivity index (χ0) is 55.4. The van der Waals surface area contributed by atoms with Crippen LogP contribution in [-0.4, -0.2) is 121 Å². The van der Waals surface area contributed by atoms with Gasteiger partial charge in [0.25, 0.3) is 5.92 Å². The smallest absolute Gasteiger partial charge is 0.346 e.